The number of amides is 2. The minimum atomic E-state index is -0.246. The molecule has 0 radical (unpaired) electrons. The molecule has 0 bridgehead atoms. The second-order valence-electron chi connectivity index (χ2n) is 6.12. The third-order valence-electron chi connectivity index (χ3n) is 3.87. The molecule has 0 aliphatic rings. The molecule has 0 aliphatic heterocycles. The van der Waals surface area contributed by atoms with Gasteiger partial charge in [-0.05, 0) is 54.1 Å². The van der Waals surface area contributed by atoms with Gasteiger partial charge in [-0.15, -0.1) is 0 Å². The smallest absolute Gasteiger partial charge is 0.255 e. The second kappa shape index (κ2) is 9.01. The van der Waals surface area contributed by atoms with Gasteiger partial charge in [-0.2, -0.15) is 0 Å². The first-order chi connectivity index (χ1) is 13.5. The predicted octanol–water partition coefficient (Wildman–Crippen LogP) is 4.56. The van der Waals surface area contributed by atoms with E-state index in [4.69, 9.17) is 11.6 Å². The molecule has 2 amide bonds. The van der Waals surface area contributed by atoms with Crippen molar-refractivity contribution in [2.45, 2.75) is 13.5 Å². The Hall–Kier alpha value is -3.38. The molecule has 0 saturated heterocycles. The van der Waals surface area contributed by atoms with Gasteiger partial charge in [-0.1, -0.05) is 23.7 Å². The summed E-state index contributed by atoms with van der Waals surface area (Å²) in [5, 5.41) is 9.38. The van der Waals surface area contributed by atoms with Crippen LogP contribution < -0.4 is 16.0 Å². The Morgan fingerprint density at radius 3 is 2.21 bits per heavy atom. The molecule has 0 atom stereocenters. The fourth-order valence-corrected chi connectivity index (χ4v) is 2.63. The molecular formula is C21H19ClN4O2. The van der Waals surface area contributed by atoms with Crippen molar-refractivity contribution in [1.29, 1.82) is 0 Å². The van der Waals surface area contributed by atoms with E-state index in [1.165, 1.54) is 6.92 Å². The molecule has 7 heteroatoms. The maximum Gasteiger partial charge on any atom is 0.255 e. The highest BCUT2D eigenvalue weighted by Crippen LogP contribution is 2.16. The van der Waals surface area contributed by atoms with Crippen LogP contribution in [0.1, 0.15) is 22.8 Å². The molecule has 1 aromatic heterocycles. The van der Waals surface area contributed by atoms with Crippen molar-refractivity contribution in [3.8, 4) is 0 Å². The first-order valence-electron chi connectivity index (χ1n) is 8.63. The molecule has 0 aliphatic carbocycles. The zero-order valence-corrected chi connectivity index (χ0v) is 16.0. The quantitative estimate of drug-likeness (QED) is 0.572. The number of anilines is 3. The number of nitrogens with zero attached hydrogens (tertiary/aromatic N) is 1. The number of carbonyl (C=O) groups excluding carboxylic acids is 2. The van der Waals surface area contributed by atoms with Crippen LogP contribution in [0.3, 0.4) is 0 Å². The van der Waals surface area contributed by atoms with Crippen molar-refractivity contribution in [1.82, 2.24) is 4.98 Å². The molecular weight excluding hydrogens is 376 g/mol. The van der Waals surface area contributed by atoms with E-state index in [1.807, 2.05) is 24.3 Å². The van der Waals surface area contributed by atoms with Crippen molar-refractivity contribution < 1.29 is 9.59 Å². The number of benzene rings is 2. The summed E-state index contributed by atoms with van der Waals surface area (Å²) >= 11 is 5.89. The summed E-state index contributed by atoms with van der Waals surface area (Å²) in [6.07, 6.45) is 1.58. The van der Waals surface area contributed by atoms with E-state index < -0.39 is 0 Å². The van der Waals surface area contributed by atoms with Crippen LogP contribution >= 0.6 is 11.6 Å². The minimum Gasteiger partial charge on any atom is -0.366 e. The Bertz CT molecular complexity index is 972. The Kier molecular flexibility index (Phi) is 6.24. The fraction of sp³-hybridized carbons (Fsp3) is 0.0952. The topological polar surface area (TPSA) is 83.1 Å². The molecule has 0 saturated carbocycles. The maximum atomic E-state index is 12.5. The SMILES string of the molecule is CC(=O)Nc1ccc(NC(=O)c2ccnc(NCc3ccc(Cl)cc3)c2)cc1. The number of carbonyl (C=O) groups is 2. The number of hydrogen-bond acceptors (Lipinski definition) is 4. The van der Waals surface area contributed by atoms with Crippen LogP contribution in [-0.2, 0) is 11.3 Å². The van der Waals surface area contributed by atoms with Gasteiger partial charge >= 0.3 is 0 Å². The molecule has 0 unspecified atom stereocenters. The van der Waals surface area contributed by atoms with Crippen LogP contribution in [0.25, 0.3) is 0 Å². The van der Waals surface area contributed by atoms with Gasteiger partial charge in [0, 0.05) is 41.6 Å². The van der Waals surface area contributed by atoms with Crippen LogP contribution in [0, 0.1) is 0 Å². The van der Waals surface area contributed by atoms with Crippen molar-refractivity contribution in [2.75, 3.05) is 16.0 Å². The molecule has 1 heterocycles. The Morgan fingerprint density at radius 1 is 0.929 bits per heavy atom. The highest BCUT2D eigenvalue weighted by Gasteiger charge is 2.08. The lowest BCUT2D eigenvalue weighted by molar-refractivity contribution is -0.114. The second-order valence-corrected chi connectivity index (χ2v) is 6.56. The van der Waals surface area contributed by atoms with Crippen LogP contribution in [0.2, 0.25) is 5.02 Å². The van der Waals surface area contributed by atoms with E-state index in [0.717, 1.165) is 5.56 Å². The first-order valence-corrected chi connectivity index (χ1v) is 9.01. The minimum absolute atomic E-state index is 0.146. The van der Waals surface area contributed by atoms with Crippen molar-refractivity contribution in [2.24, 2.45) is 0 Å². The van der Waals surface area contributed by atoms with Gasteiger partial charge in [0.15, 0.2) is 0 Å². The monoisotopic (exact) mass is 394 g/mol. The average molecular weight is 395 g/mol. The summed E-state index contributed by atoms with van der Waals surface area (Å²) in [5.41, 5.74) is 2.84. The molecule has 3 aromatic rings. The lowest BCUT2D eigenvalue weighted by Gasteiger charge is -2.09. The highest BCUT2D eigenvalue weighted by atomic mass is 35.5. The number of pyridine rings is 1. The standard InChI is InChI=1S/C21H19ClN4O2/c1-14(27)25-18-6-8-19(9-7-18)26-21(28)16-10-11-23-20(12-16)24-13-15-2-4-17(22)5-3-15/h2-12H,13H2,1H3,(H,23,24)(H,25,27)(H,26,28). The summed E-state index contributed by atoms with van der Waals surface area (Å²) in [5.74, 6) is 0.208. The summed E-state index contributed by atoms with van der Waals surface area (Å²) < 4.78 is 0. The lowest BCUT2D eigenvalue weighted by Crippen LogP contribution is -2.13. The molecule has 3 rings (SSSR count). The van der Waals surface area contributed by atoms with Crippen LogP contribution in [0.5, 0.6) is 0 Å². The molecule has 0 spiro atoms. The van der Waals surface area contributed by atoms with E-state index in [9.17, 15) is 9.59 Å². The molecule has 3 N–H and O–H groups in total. The van der Waals surface area contributed by atoms with Crippen molar-refractivity contribution >= 4 is 40.6 Å². The number of nitrogens with one attached hydrogen (secondary N) is 3. The average Bonchev–Trinajstić information content (AvgIpc) is 2.69. The fourth-order valence-electron chi connectivity index (χ4n) is 2.51. The summed E-state index contributed by atoms with van der Waals surface area (Å²) in [4.78, 5) is 27.8. The number of rotatable bonds is 6. The Balaban J connectivity index is 1.61. The van der Waals surface area contributed by atoms with E-state index in [0.29, 0.717) is 34.3 Å². The van der Waals surface area contributed by atoms with E-state index >= 15 is 0 Å². The van der Waals surface area contributed by atoms with Crippen molar-refractivity contribution in [3.05, 3.63) is 83.0 Å². The number of halogens is 1. The van der Waals surface area contributed by atoms with Gasteiger partial charge in [0.2, 0.25) is 5.91 Å². The lowest BCUT2D eigenvalue weighted by atomic mass is 10.2. The largest absolute Gasteiger partial charge is 0.366 e. The van der Waals surface area contributed by atoms with Gasteiger partial charge < -0.3 is 16.0 Å². The zero-order chi connectivity index (χ0) is 19.9. The Labute approximate surface area is 168 Å². The third kappa shape index (κ3) is 5.56. The molecule has 2 aromatic carbocycles. The van der Waals surface area contributed by atoms with Gasteiger partial charge in [-0.3, -0.25) is 9.59 Å². The number of aromatic nitrogens is 1. The molecule has 0 fully saturated rings. The van der Waals surface area contributed by atoms with Crippen molar-refractivity contribution in [3.63, 3.8) is 0 Å². The van der Waals surface area contributed by atoms with Crippen LogP contribution in [-0.4, -0.2) is 16.8 Å². The van der Waals surface area contributed by atoms with Gasteiger partial charge in [0.05, 0.1) is 0 Å². The third-order valence-corrected chi connectivity index (χ3v) is 4.12. The summed E-state index contributed by atoms with van der Waals surface area (Å²) in [6.45, 7) is 2.01. The summed E-state index contributed by atoms with van der Waals surface area (Å²) in [7, 11) is 0. The Morgan fingerprint density at radius 2 is 1.57 bits per heavy atom. The normalized spacial score (nSPS) is 10.2. The van der Waals surface area contributed by atoms with Gasteiger partial charge in [-0.25, -0.2) is 4.98 Å². The maximum absolute atomic E-state index is 12.5. The van der Waals surface area contributed by atoms with Gasteiger partial charge in [0.25, 0.3) is 5.91 Å². The van der Waals surface area contributed by atoms with E-state index in [-0.39, 0.29) is 11.8 Å². The first kappa shape index (κ1) is 19.4. The van der Waals surface area contributed by atoms with E-state index in [2.05, 4.69) is 20.9 Å². The molecule has 142 valence electrons. The van der Waals surface area contributed by atoms with Crippen LogP contribution in [0.15, 0.2) is 66.9 Å². The van der Waals surface area contributed by atoms with Gasteiger partial charge in [0.1, 0.15) is 5.82 Å². The highest BCUT2D eigenvalue weighted by molar-refractivity contribution is 6.30. The van der Waals surface area contributed by atoms with E-state index in [1.54, 1.807) is 42.6 Å². The van der Waals surface area contributed by atoms with Crippen LogP contribution in [0.4, 0.5) is 17.2 Å². The zero-order valence-electron chi connectivity index (χ0n) is 15.2. The predicted molar refractivity (Wildman–Crippen MR) is 112 cm³/mol. The molecule has 6 nitrogen and oxygen atoms in total. The summed E-state index contributed by atoms with van der Waals surface area (Å²) in [6, 6.07) is 17.7. The number of hydrogen-bond donors (Lipinski definition) is 3. The molecule has 28 heavy (non-hydrogen) atoms.